The summed E-state index contributed by atoms with van der Waals surface area (Å²) >= 11 is 3.45. The summed E-state index contributed by atoms with van der Waals surface area (Å²) in [5.41, 5.74) is 15.9. The molecular weight excluding hydrogens is 701 g/mol. The van der Waals surface area contributed by atoms with Crippen LogP contribution in [0.2, 0.25) is 39.3 Å². The van der Waals surface area contributed by atoms with Gasteiger partial charge in [0.25, 0.3) is 0 Å². The van der Waals surface area contributed by atoms with Crippen LogP contribution >= 0.6 is 15.9 Å². The van der Waals surface area contributed by atoms with Crippen molar-refractivity contribution in [2.24, 2.45) is 14.1 Å². The summed E-state index contributed by atoms with van der Waals surface area (Å²) in [7, 11) is 1.43. The van der Waals surface area contributed by atoms with Gasteiger partial charge in [0.2, 0.25) is 0 Å². The van der Waals surface area contributed by atoms with Crippen LogP contribution < -0.4 is 0 Å². The summed E-state index contributed by atoms with van der Waals surface area (Å²) < 4.78 is 4.76. The zero-order valence-corrected chi connectivity index (χ0v) is 33.1. The van der Waals surface area contributed by atoms with Crippen LogP contribution in [-0.2, 0) is 14.1 Å². The highest BCUT2D eigenvalue weighted by molar-refractivity contribution is 9.10. The van der Waals surface area contributed by atoms with Crippen molar-refractivity contribution in [1.82, 2.24) is 29.5 Å². The van der Waals surface area contributed by atoms with Gasteiger partial charge in [0.15, 0.2) is 0 Å². The van der Waals surface area contributed by atoms with Crippen LogP contribution in [0.3, 0.4) is 0 Å². The molecule has 0 amide bonds. The second-order valence-corrected chi connectivity index (χ2v) is 24.0. The second kappa shape index (κ2) is 16.5. The minimum atomic E-state index is -1.35. The van der Waals surface area contributed by atoms with Crippen LogP contribution in [0.1, 0.15) is 5.56 Å². The minimum Gasteiger partial charge on any atom is -0.275 e. The van der Waals surface area contributed by atoms with E-state index in [9.17, 15) is 0 Å². The zero-order valence-electron chi connectivity index (χ0n) is 29.5. The fraction of sp³-hybridized carbons (Fsp3) is 0.200. The Bertz CT molecular complexity index is 2050. The first-order valence-electron chi connectivity index (χ1n) is 16.0. The number of rotatable bonds is 4. The van der Waals surface area contributed by atoms with Gasteiger partial charge >= 0.3 is 0 Å². The maximum Gasteiger partial charge on any atom is 0.129 e. The molecule has 0 saturated heterocycles. The molecule has 6 aromatic rings. The van der Waals surface area contributed by atoms with Crippen molar-refractivity contribution in [3.8, 4) is 68.2 Å². The second-order valence-electron chi connectivity index (χ2n) is 13.6. The van der Waals surface area contributed by atoms with Crippen molar-refractivity contribution in [1.29, 1.82) is 0 Å². The number of hydrogen-bond acceptors (Lipinski definition) is 4. The van der Waals surface area contributed by atoms with E-state index < -0.39 is 16.1 Å². The Morgan fingerprint density at radius 1 is 0.571 bits per heavy atom. The zero-order chi connectivity index (χ0) is 35.6. The lowest BCUT2D eigenvalue weighted by Crippen LogP contribution is -2.16. The van der Waals surface area contributed by atoms with Gasteiger partial charge in [-0.3, -0.25) is 19.3 Å². The van der Waals surface area contributed by atoms with Crippen molar-refractivity contribution in [3.05, 3.63) is 120 Å². The van der Waals surface area contributed by atoms with E-state index in [1.807, 2.05) is 72.3 Å². The number of halogens is 1. The summed E-state index contributed by atoms with van der Waals surface area (Å²) in [6.45, 7) is 13.2. The lowest BCUT2D eigenvalue weighted by atomic mass is 10.0. The largest absolute Gasteiger partial charge is 0.275 e. The molecule has 0 aliphatic heterocycles. The van der Waals surface area contributed by atoms with Crippen LogP contribution in [0.5, 0.6) is 0 Å². The Balaban J connectivity index is 0.000000193. The quantitative estimate of drug-likeness (QED) is 0.133. The Hall–Kier alpha value is -4.81. The van der Waals surface area contributed by atoms with Gasteiger partial charge in [-0.1, -0.05) is 85.4 Å². The van der Waals surface area contributed by atoms with Crippen LogP contribution in [0.4, 0.5) is 0 Å². The molecule has 0 bridgehead atoms. The molecule has 2 aromatic carbocycles. The van der Waals surface area contributed by atoms with Crippen molar-refractivity contribution < 1.29 is 0 Å². The highest BCUT2D eigenvalue weighted by Gasteiger charge is 2.13. The van der Waals surface area contributed by atoms with E-state index in [1.165, 1.54) is 0 Å². The summed E-state index contributed by atoms with van der Waals surface area (Å²) in [4.78, 5) is 8.15. The molecule has 0 unspecified atom stereocenters. The molecule has 9 heteroatoms. The van der Waals surface area contributed by atoms with Crippen LogP contribution in [0.25, 0.3) is 44.8 Å². The van der Waals surface area contributed by atoms with E-state index in [0.29, 0.717) is 0 Å². The first-order valence-corrected chi connectivity index (χ1v) is 23.8. The first-order chi connectivity index (χ1) is 23.2. The third kappa shape index (κ3) is 11.4. The van der Waals surface area contributed by atoms with Gasteiger partial charge in [-0.05, 0) is 59.7 Å². The van der Waals surface area contributed by atoms with E-state index in [0.717, 1.165) is 54.8 Å². The van der Waals surface area contributed by atoms with Gasteiger partial charge in [0, 0.05) is 83.6 Å². The highest BCUT2D eigenvalue weighted by atomic mass is 79.9. The predicted molar refractivity (Wildman–Crippen MR) is 214 cm³/mol. The average Bonchev–Trinajstić information content (AvgIpc) is 3.67. The summed E-state index contributed by atoms with van der Waals surface area (Å²) in [6.07, 6.45) is 16.4. The molecule has 6 rings (SSSR count). The number of aryl methyl sites for hydroxylation is 2. The minimum absolute atomic E-state index is 0.980. The Morgan fingerprint density at radius 3 is 1.33 bits per heavy atom. The summed E-state index contributed by atoms with van der Waals surface area (Å²) in [5, 5.41) is 9.21. The molecule has 0 aliphatic carbocycles. The van der Waals surface area contributed by atoms with Gasteiger partial charge in [-0.2, -0.15) is 10.2 Å². The molecule has 6 nitrogen and oxygen atoms in total. The van der Waals surface area contributed by atoms with Crippen molar-refractivity contribution >= 4 is 32.1 Å². The highest BCUT2D eigenvalue weighted by Crippen LogP contribution is 2.32. The molecule has 0 N–H and O–H groups in total. The monoisotopic (exact) mass is 742 g/mol. The number of aromatic nitrogens is 6. The standard InChI is InChI=1S/C20H21N3Si.C15H12BrN3.C5H10Si/c1-23-15-19(17-9-12-21-13-10-17)20(22-23)18-7-5-16(6-8-18)11-14-24(2,3)4;1-19-10-14(11-6-8-17-9-7-11)15(18-19)12-2-4-13(16)5-3-12;1-5-6(2,3)4/h5-10,12-13,15H,1-4H3;2-10H,1H3;1H,2-4H3. The summed E-state index contributed by atoms with van der Waals surface area (Å²) in [6, 6.07) is 24.6. The lowest BCUT2D eigenvalue weighted by Gasteiger charge is -2.04. The lowest BCUT2D eigenvalue weighted by molar-refractivity contribution is 0.771. The molecule has 0 radical (unpaired) electrons. The van der Waals surface area contributed by atoms with Gasteiger partial charge in [0.1, 0.15) is 27.5 Å². The van der Waals surface area contributed by atoms with E-state index in [-0.39, 0.29) is 0 Å². The normalized spacial score (nSPS) is 10.8. The fourth-order valence-corrected chi connectivity index (χ4v) is 5.25. The van der Waals surface area contributed by atoms with E-state index in [2.05, 4.69) is 129 Å². The van der Waals surface area contributed by atoms with Gasteiger partial charge in [-0.25, -0.2) is 0 Å². The van der Waals surface area contributed by atoms with Gasteiger partial charge in [-0.15, -0.1) is 17.5 Å². The molecule has 0 fully saturated rings. The molecule has 0 atom stereocenters. The van der Waals surface area contributed by atoms with Crippen LogP contribution in [0.15, 0.2) is 114 Å². The molecule has 4 heterocycles. The molecule has 49 heavy (non-hydrogen) atoms. The summed E-state index contributed by atoms with van der Waals surface area (Å²) in [5.74, 6) is 3.29. The molecule has 0 aliphatic rings. The van der Waals surface area contributed by atoms with Crippen molar-refractivity contribution in [3.63, 3.8) is 0 Å². The molecule has 4 aromatic heterocycles. The van der Waals surface area contributed by atoms with E-state index in [4.69, 9.17) is 6.42 Å². The molecule has 0 spiro atoms. The third-order valence-electron chi connectivity index (χ3n) is 6.93. The smallest absolute Gasteiger partial charge is 0.129 e. The van der Waals surface area contributed by atoms with Crippen LogP contribution in [-0.4, -0.2) is 45.7 Å². The topological polar surface area (TPSA) is 61.4 Å². The van der Waals surface area contributed by atoms with E-state index in [1.54, 1.807) is 24.8 Å². The average molecular weight is 744 g/mol. The van der Waals surface area contributed by atoms with Gasteiger partial charge < -0.3 is 0 Å². The molecular formula is C40H43BrN6Si2. The predicted octanol–water partition coefficient (Wildman–Crippen LogP) is 9.79. The maximum absolute atomic E-state index is 5.12. The van der Waals surface area contributed by atoms with Gasteiger partial charge in [0.05, 0.1) is 0 Å². The van der Waals surface area contributed by atoms with Crippen molar-refractivity contribution in [2.75, 3.05) is 0 Å². The third-order valence-corrected chi connectivity index (χ3v) is 9.20. The number of hydrogen-bond donors (Lipinski definition) is 0. The Kier molecular flexibility index (Phi) is 12.5. The number of pyridine rings is 2. The number of terminal acetylenes is 1. The SMILES string of the molecule is C#C[Si](C)(C)C.Cn1cc(-c2ccncc2)c(-c2ccc(Br)cc2)n1.Cn1cc(-c2ccncc2)c(-c2ccc(C#C[Si](C)(C)C)cc2)n1. The maximum atomic E-state index is 5.12. The van der Waals surface area contributed by atoms with Crippen LogP contribution in [0, 0.1) is 23.4 Å². The fourth-order valence-electron chi connectivity index (χ4n) is 4.47. The number of benzene rings is 2. The van der Waals surface area contributed by atoms with Crippen molar-refractivity contribution in [2.45, 2.75) is 39.3 Å². The first kappa shape index (κ1) is 37.0. The molecule has 248 valence electrons. The Labute approximate surface area is 301 Å². The van der Waals surface area contributed by atoms with E-state index >= 15 is 0 Å². The Morgan fingerprint density at radius 2 is 0.959 bits per heavy atom. The molecule has 0 saturated carbocycles. The number of nitrogens with zero attached hydrogens (tertiary/aromatic N) is 6.